The SMILES string of the molecule is CN1CC=C(c2cn(S(=O)(=O)c3ccc4c(c3)OCCCO4)c3ccc(F)cc23)CC1. The maximum atomic E-state index is 14.1. The van der Waals surface area contributed by atoms with E-state index in [1.807, 2.05) is 7.05 Å². The zero-order valence-corrected chi connectivity index (χ0v) is 18.0. The minimum Gasteiger partial charge on any atom is -0.490 e. The van der Waals surface area contributed by atoms with Crippen LogP contribution in [-0.4, -0.2) is 50.6 Å². The molecule has 2 aliphatic heterocycles. The number of hydrogen-bond donors (Lipinski definition) is 0. The van der Waals surface area contributed by atoms with Gasteiger partial charge in [-0.1, -0.05) is 6.08 Å². The lowest BCUT2D eigenvalue weighted by Crippen LogP contribution is -2.23. The Morgan fingerprint density at radius 2 is 1.84 bits per heavy atom. The van der Waals surface area contributed by atoms with E-state index in [2.05, 4.69) is 11.0 Å². The second-order valence-electron chi connectivity index (χ2n) is 7.91. The second-order valence-corrected chi connectivity index (χ2v) is 9.72. The molecule has 3 heterocycles. The van der Waals surface area contributed by atoms with Crippen LogP contribution in [0.2, 0.25) is 0 Å². The van der Waals surface area contributed by atoms with E-state index in [1.165, 1.54) is 34.3 Å². The summed E-state index contributed by atoms with van der Waals surface area (Å²) in [6.07, 6.45) is 5.20. The van der Waals surface area contributed by atoms with Crippen LogP contribution in [0.3, 0.4) is 0 Å². The predicted molar refractivity (Wildman–Crippen MR) is 117 cm³/mol. The largest absolute Gasteiger partial charge is 0.490 e. The van der Waals surface area contributed by atoms with E-state index in [0.717, 1.165) is 37.1 Å². The normalized spacial score (nSPS) is 17.4. The number of nitrogens with zero attached hydrogens (tertiary/aromatic N) is 2. The van der Waals surface area contributed by atoms with Gasteiger partial charge in [0, 0.05) is 42.7 Å². The quantitative estimate of drug-likeness (QED) is 0.616. The van der Waals surface area contributed by atoms with Crippen LogP contribution in [0.5, 0.6) is 11.5 Å². The highest BCUT2D eigenvalue weighted by atomic mass is 32.2. The Balaban J connectivity index is 1.65. The number of rotatable bonds is 3. The highest BCUT2D eigenvalue weighted by molar-refractivity contribution is 7.90. The van der Waals surface area contributed by atoms with Crippen molar-refractivity contribution in [1.29, 1.82) is 0 Å². The molecule has 3 aromatic rings. The molecule has 162 valence electrons. The molecule has 31 heavy (non-hydrogen) atoms. The van der Waals surface area contributed by atoms with Gasteiger partial charge in [0.15, 0.2) is 11.5 Å². The van der Waals surface area contributed by atoms with Crippen molar-refractivity contribution in [2.75, 3.05) is 33.4 Å². The third-order valence-corrected chi connectivity index (χ3v) is 7.44. The van der Waals surface area contributed by atoms with Gasteiger partial charge in [0.05, 0.1) is 23.6 Å². The molecule has 2 aliphatic rings. The van der Waals surface area contributed by atoms with Crippen molar-refractivity contribution in [3.8, 4) is 11.5 Å². The number of benzene rings is 2. The molecule has 0 amide bonds. The summed E-state index contributed by atoms with van der Waals surface area (Å²) in [6.45, 7) is 2.63. The standard InChI is InChI=1S/C23H23FN2O4S/c1-25-9-7-16(8-10-25)20-15-26(21-5-3-17(24)13-19(20)21)31(27,28)18-4-6-22-23(14-18)30-12-2-11-29-22/h3-7,13-15H,2,8-12H2,1H3. The fourth-order valence-corrected chi connectivity index (χ4v) is 5.45. The van der Waals surface area contributed by atoms with E-state index >= 15 is 0 Å². The smallest absolute Gasteiger partial charge is 0.268 e. The molecule has 0 fully saturated rings. The predicted octanol–water partition coefficient (Wildman–Crippen LogP) is 3.90. The number of likely N-dealkylation sites (N-methyl/N-ethyl adjacent to an activating group) is 1. The van der Waals surface area contributed by atoms with Crippen molar-refractivity contribution in [2.45, 2.75) is 17.7 Å². The van der Waals surface area contributed by atoms with Crippen LogP contribution < -0.4 is 9.47 Å². The summed E-state index contributed by atoms with van der Waals surface area (Å²) >= 11 is 0. The lowest BCUT2D eigenvalue weighted by atomic mass is 9.99. The third-order valence-electron chi connectivity index (χ3n) is 5.77. The molecule has 0 spiro atoms. The molecule has 5 rings (SSSR count). The van der Waals surface area contributed by atoms with E-state index in [0.29, 0.717) is 35.6 Å². The summed E-state index contributed by atoms with van der Waals surface area (Å²) in [5, 5.41) is 0.591. The van der Waals surface area contributed by atoms with E-state index in [-0.39, 0.29) is 4.90 Å². The molecule has 1 aromatic heterocycles. The minimum atomic E-state index is -3.93. The number of fused-ring (bicyclic) bond motifs is 2. The third kappa shape index (κ3) is 3.59. The zero-order valence-electron chi connectivity index (χ0n) is 17.2. The topological polar surface area (TPSA) is 60.8 Å². The van der Waals surface area contributed by atoms with Gasteiger partial charge in [0.25, 0.3) is 10.0 Å². The van der Waals surface area contributed by atoms with Gasteiger partial charge in [-0.25, -0.2) is 16.8 Å². The molecule has 0 radical (unpaired) electrons. The first kappa shape index (κ1) is 20.1. The Bertz CT molecular complexity index is 1300. The van der Waals surface area contributed by atoms with Crippen molar-refractivity contribution < 1.29 is 22.3 Å². The van der Waals surface area contributed by atoms with Gasteiger partial charge in [-0.15, -0.1) is 0 Å². The van der Waals surface area contributed by atoms with Crippen LogP contribution in [0.4, 0.5) is 4.39 Å². The van der Waals surface area contributed by atoms with Gasteiger partial charge in [-0.2, -0.15) is 0 Å². The first-order chi connectivity index (χ1) is 14.9. The fourth-order valence-electron chi connectivity index (χ4n) is 4.06. The maximum absolute atomic E-state index is 14.1. The molecule has 0 saturated heterocycles. The number of aromatic nitrogens is 1. The molecule has 6 nitrogen and oxygen atoms in total. The lowest BCUT2D eigenvalue weighted by molar-refractivity contribution is 0.297. The van der Waals surface area contributed by atoms with Crippen LogP contribution in [0.25, 0.3) is 16.5 Å². The first-order valence-corrected chi connectivity index (χ1v) is 11.7. The van der Waals surface area contributed by atoms with Crippen LogP contribution in [-0.2, 0) is 10.0 Å². The number of hydrogen-bond acceptors (Lipinski definition) is 5. The second kappa shape index (κ2) is 7.69. The average molecular weight is 443 g/mol. The zero-order chi connectivity index (χ0) is 21.6. The van der Waals surface area contributed by atoms with Crippen LogP contribution >= 0.6 is 0 Å². The summed E-state index contributed by atoms with van der Waals surface area (Å²) in [5.74, 6) is 0.556. The van der Waals surface area contributed by atoms with E-state index in [1.54, 1.807) is 12.3 Å². The van der Waals surface area contributed by atoms with Gasteiger partial charge in [0.2, 0.25) is 0 Å². The molecule has 0 aliphatic carbocycles. The van der Waals surface area contributed by atoms with E-state index < -0.39 is 15.8 Å². The molecule has 0 N–H and O–H groups in total. The molecule has 0 bridgehead atoms. The summed E-state index contributed by atoms with van der Waals surface area (Å²) in [5.41, 5.74) is 2.23. The average Bonchev–Trinajstić information content (AvgIpc) is 2.97. The lowest BCUT2D eigenvalue weighted by Gasteiger charge is -2.21. The summed E-state index contributed by atoms with van der Waals surface area (Å²) < 4.78 is 53.8. The summed E-state index contributed by atoms with van der Waals surface area (Å²) in [4.78, 5) is 2.28. The fraction of sp³-hybridized carbons (Fsp3) is 0.304. The Morgan fingerprint density at radius 3 is 2.61 bits per heavy atom. The van der Waals surface area contributed by atoms with Crippen LogP contribution in [0, 0.1) is 5.82 Å². The van der Waals surface area contributed by atoms with E-state index in [4.69, 9.17) is 9.47 Å². The Hall–Kier alpha value is -2.84. The van der Waals surface area contributed by atoms with Crippen molar-refractivity contribution in [1.82, 2.24) is 8.87 Å². The molecule has 0 atom stereocenters. The van der Waals surface area contributed by atoms with Gasteiger partial charge in [0.1, 0.15) is 5.82 Å². The highest BCUT2D eigenvalue weighted by Gasteiger charge is 2.25. The van der Waals surface area contributed by atoms with Gasteiger partial charge in [-0.05, 0) is 49.4 Å². The van der Waals surface area contributed by atoms with Gasteiger partial charge >= 0.3 is 0 Å². The number of ether oxygens (including phenoxy) is 2. The Kier molecular flexibility index (Phi) is 4.98. The molecular formula is C23H23FN2O4S. The maximum Gasteiger partial charge on any atom is 0.268 e. The number of halogens is 1. The minimum absolute atomic E-state index is 0.0990. The van der Waals surface area contributed by atoms with Gasteiger partial charge < -0.3 is 14.4 Å². The molecular weight excluding hydrogens is 419 g/mol. The molecule has 2 aromatic carbocycles. The van der Waals surface area contributed by atoms with Crippen LogP contribution in [0.15, 0.2) is 53.6 Å². The molecule has 0 saturated carbocycles. The van der Waals surface area contributed by atoms with Crippen molar-refractivity contribution in [3.05, 3.63) is 60.1 Å². The van der Waals surface area contributed by atoms with Crippen molar-refractivity contribution in [2.24, 2.45) is 0 Å². The van der Waals surface area contributed by atoms with Crippen LogP contribution in [0.1, 0.15) is 18.4 Å². The molecule has 0 unspecified atom stereocenters. The Morgan fingerprint density at radius 1 is 1.03 bits per heavy atom. The van der Waals surface area contributed by atoms with Crippen molar-refractivity contribution >= 4 is 26.5 Å². The van der Waals surface area contributed by atoms with Gasteiger partial charge in [-0.3, -0.25) is 0 Å². The summed E-state index contributed by atoms with van der Waals surface area (Å²) in [6, 6.07) is 8.86. The van der Waals surface area contributed by atoms with E-state index in [9.17, 15) is 12.8 Å². The van der Waals surface area contributed by atoms with Crippen molar-refractivity contribution in [3.63, 3.8) is 0 Å². The Labute approximate surface area is 180 Å². The summed E-state index contributed by atoms with van der Waals surface area (Å²) in [7, 11) is -1.90. The monoisotopic (exact) mass is 442 g/mol. The molecule has 8 heteroatoms. The highest BCUT2D eigenvalue weighted by Crippen LogP contribution is 2.36. The first-order valence-electron chi connectivity index (χ1n) is 10.3.